The first-order valence-electron chi connectivity index (χ1n) is 8.55. The Balaban J connectivity index is 1.77. The molecule has 0 aliphatic carbocycles. The minimum absolute atomic E-state index is 0.0904. The molecule has 2 aromatic rings. The van der Waals surface area contributed by atoms with Gasteiger partial charge in [0.1, 0.15) is 5.69 Å². The maximum Gasteiger partial charge on any atom is 0.274 e. The number of amides is 1. The lowest BCUT2D eigenvalue weighted by atomic mass is 10.1. The molecule has 0 saturated carbocycles. The van der Waals surface area contributed by atoms with Crippen LogP contribution in [0.5, 0.6) is 0 Å². The van der Waals surface area contributed by atoms with Crippen molar-refractivity contribution in [2.24, 2.45) is 0 Å². The quantitative estimate of drug-likeness (QED) is 0.859. The summed E-state index contributed by atoms with van der Waals surface area (Å²) in [4.78, 5) is 22.8. The number of para-hydroxylation sites is 1. The molecule has 138 valence electrons. The first-order valence-corrected chi connectivity index (χ1v) is 10.4. The average Bonchev–Trinajstić information content (AvgIpc) is 3.01. The summed E-state index contributed by atoms with van der Waals surface area (Å²) < 4.78 is 23.4. The van der Waals surface area contributed by atoms with Crippen molar-refractivity contribution in [1.29, 1.82) is 0 Å². The molecule has 1 aromatic carbocycles. The first kappa shape index (κ1) is 18.3. The molecule has 7 nitrogen and oxygen atoms in total. The van der Waals surface area contributed by atoms with E-state index in [-0.39, 0.29) is 29.1 Å². The maximum absolute atomic E-state index is 12.6. The lowest BCUT2D eigenvalue weighted by molar-refractivity contribution is 0.102. The molecular formula is C18H22N4O3S. The summed E-state index contributed by atoms with van der Waals surface area (Å²) in [5.74, 6) is 0.300. The largest absolute Gasteiger partial charge is 0.340 e. The Bertz CT molecular complexity index is 914. The van der Waals surface area contributed by atoms with Gasteiger partial charge in [-0.05, 0) is 30.5 Å². The molecule has 1 amide bonds. The maximum atomic E-state index is 12.6. The Kier molecular flexibility index (Phi) is 5.22. The number of aromatic nitrogens is 2. The Morgan fingerprint density at radius 3 is 2.77 bits per heavy atom. The number of aryl methyl sites for hydroxylation is 1. The Morgan fingerprint density at radius 2 is 2.08 bits per heavy atom. The molecule has 1 saturated heterocycles. The zero-order valence-corrected chi connectivity index (χ0v) is 15.7. The second kappa shape index (κ2) is 7.41. The number of sulfone groups is 1. The Labute approximate surface area is 153 Å². The van der Waals surface area contributed by atoms with Crippen LogP contribution in [0.3, 0.4) is 0 Å². The van der Waals surface area contributed by atoms with E-state index in [1.54, 1.807) is 18.0 Å². The number of anilines is 2. The summed E-state index contributed by atoms with van der Waals surface area (Å²) in [5.41, 5.74) is 2.05. The number of hydrogen-bond donors (Lipinski definition) is 1. The fraction of sp³-hybridized carbons (Fsp3) is 0.389. The molecule has 0 bridgehead atoms. The predicted octanol–water partition coefficient (Wildman–Crippen LogP) is 1.91. The fourth-order valence-electron chi connectivity index (χ4n) is 3.03. The second-order valence-electron chi connectivity index (χ2n) is 6.37. The highest BCUT2D eigenvalue weighted by atomic mass is 32.2. The van der Waals surface area contributed by atoms with Gasteiger partial charge in [-0.1, -0.05) is 25.1 Å². The van der Waals surface area contributed by atoms with E-state index in [9.17, 15) is 13.2 Å². The third-order valence-electron chi connectivity index (χ3n) is 4.59. The van der Waals surface area contributed by atoms with Gasteiger partial charge in [-0.2, -0.15) is 0 Å². The zero-order valence-electron chi connectivity index (χ0n) is 14.8. The van der Waals surface area contributed by atoms with Crippen molar-refractivity contribution in [3.05, 3.63) is 47.8 Å². The highest BCUT2D eigenvalue weighted by Gasteiger charge is 2.31. The van der Waals surface area contributed by atoms with Crippen molar-refractivity contribution < 1.29 is 13.2 Å². The number of benzene rings is 1. The van der Waals surface area contributed by atoms with Crippen molar-refractivity contribution in [2.45, 2.75) is 25.8 Å². The lowest BCUT2D eigenvalue weighted by Crippen LogP contribution is -2.34. The zero-order chi connectivity index (χ0) is 18.7. The van der Waals surface area contributed by atoms with E-state index in [1.807, 2.05) is 31.2 Å². The molecule has 26 heavy (non-hydrogen) atoms. The fourth-order valence-corrected chi connectivity index (χ4v) is 4.80. The van der Waals surface area contributed by atoms with Crippen LogP contribution in [0.2, 0.25) is 0 Å². The molecule has 1 aliphatic rings. The van der Waals surface area contributed by atoms with Crippen molar-refractivity contribution in [1.82, 2.24) is 9.97 Å². The van der Waals surface area contributed by atoms with E-state index in [2.05, 4.69) is 15.3 Å². The number of hydrogen-bond acceptors (Lipinski definition) is 6. The van der Waals surface area contributed by atoms with E-state index in [0.717, 1.165) is 17.7 Å². The molecule has 8 heteroatoms. The standard InChI is InChI=1S/C18H22N4O3S/c1-3-13-6-4-5-7-15(13)20-17(23)16-8-10-19-18(21-16)22(2)14-9-11-26(24,25)12-14/h4-8,10,14H,3,9,11-12H2,1-2H3,(H,20,23). The van der Waals surface area contributed by atoms with Gasteiger partial charge in [0.15, 0.2) is 9.84 Å². The molecule has 0 radical (unpaired) electrons. The first-order chi connectivity index (χ1) is 12.4. The number of nitrogens with one attached hydrogen (secondary N) is 1. The molecule has 1 fully saturated rings. The molecule has 2 heterocycles. The highest BCUT2D eigenvalue weighted by molar-refractivity contribution is 7.91. The lowest BCUT2D eigenvalue weighted by Gasteiger charge is -2.23. The molecule has 1 N–H and O–H groups in total. The van der Waals surface area contributed by atoms with Gasteiger partial charge < -0.3 is 10.2 Å². The van der Waals surface area contributed by atoms with Crippen LogP contribution in [-0.4, -0.2) is 48.9 Å². The van der Waals surface area contributed by atoms with Gasteiger partial charge in [0.25, 0.3) is 5.91 Å². The van der Waals surface area contributed by atoms with Crippen molar-refractivity contribution >= 4 is 27.4 Å². The van der Waals surface area contributed by atoms with E-state index in [4.69, 9.17) is 0 Å². The summed E-state index contributed by atoms with van der Waals surface area (Å²) in [6.45, 7) is 2.03. The number of nitrogens with zero attached hydrogens (tertiary/aromatic N) is 3. The SMILES string of the molecule is CCc1ccccc1NC(=O)c1ccnc(N(C)C2CCS(=O)(=O)C2)n1. The van der Waals surface area contributed by atoms with Gasteiger partial charge in [0, 0.05) is 25.0 Å². The summed E-state index contributed by atoms with van der Waals surface area (Å²) in [7, 11) is -1.24. The van der Waals surface area contributed by atoms with Gasteiger partial charge in [-0.3, -0.25) is 4.79 Å². The monoisotopic (exact) mass is 374 g/mol. The predicted molar refractivity (Wildman–Crippen MR) is 101 cm³/mol. The Morgan fingerprint density at radius 1 is 1.31 bits per heavy atom. The minimum Gasteiger partial charge on any atom is -0.340 e. The van der Waals surface area contributed by atoms with Crippen LogP contribution in [0.4, 0.5) is 11.6 Å². The van der Waals surface area contributed by atoms with Crippen LogP contribution >= 0.6 is 0 Å². The van der Waals surface area contributed by atoms with Gasteiger partial charge in [0.2, 0.25) is 5.95 Å². The number of carbonyl (C=O) groups excluding carboxylic acids is 1. The van der Waals surface area contributed by atoms with E-state index >= 15 is 0 Å². The molecule has 3 rings (SSSR count). The summed E-state index contributed by atoms with van der Waals surface area (Å²) in [5, 5.41) is 2.88. The molecule has 1 aliphatic heterocycles. The van der Waals surface area contributed by atoms with E-state index in [1.165, 1.54) is 6.20 Å². The topological polar surface area (TPSA) is 92.3 Å². The van der Waals surface area contributed by atoms with Crippen LogP contribution in [-0.2, 0) is 16.3 Å². The van der Waals surface area contributed by atoms with Crippen molar-refractivity contribution in [3.8, 4) is 0 Å². The molecular weight excluding hydrogens is 352 g/mol. The van der Waals surface area contributed by atoms with Crippen LogP contribution < -0.4 is 10.2 Å². The van der Waals surface area contributed by atoms with Gasteiger partial charge in [-0.15, -0.1) is 0 Å². The van der Waals surface area contributed by atoms with E-state index in [0.29, 0.717) is 12.4 Å². The van der Waals surface area contributed by atoms with E-state index < -0.39 is 9.84 Å². The second-order valence-corrected chi connectivity index (χ2v) is 8.60. The number of rotatable bonds is 5. The molecule has 0 spiro atoms. The summed E-state index contributed by atoms with van der Waals surface area (Å²) in [6, 6.07) is 9.01. The van der Waals surface area contributed by atoms with Gasteiger partial charge in [0.05, 0.1) is 11.5 Å². The number of carbonyl (C=O) groups is 1. The minimum atomic E-state index is -3.00. The Hall–Kier alpha value is -2.48. The molecule has 1 aromatic heterocycles. The third-order valence-corrected chi connectivity index (χ3v) is 6.34. The van der Waals surface area contributed by atoms with Crippen molar-refractivity contribution in [3.63, 3.8) is 0 Å². The van der Waals surface area contributed by atoms with Crippen LogP contribution in [0.1, 0.15) is 29.4 Å². The molecule has 1 atom stereocenters. The molecule has 1 unspecified atom stereocenters. The van der Waals surface area contributed by atoms with Crippen LogP contribution in [0.25, 0.3) is 0 Å². The average molecular weight is 374 g/mol. The van der Waals surface area contributed by atoms with Crippen molar-refractivity contribution in [2.75, 3.05) is 28.8 Å². The normalized spacial score (nSPS) is 18.5. The van der Waals surface area contributed by atoms with Crippen LogP contribution in [0.15, 0.2) is 36.5 Å². The smallest absolute Gasteiger partial charge is 0.274 e. The highest BCUT2D eigenvalue weighted by Crippen LogP contribution is 2.21. The third kappa shape index (κ3) is 4.01. The summed E-state index contributed by atoms with van der Waals surface area (Å²) >= 11 is 0. The van der Waals surface area contributed by atoms with Crippen LogP contribution in [0, 0.1) is 0 Å². The van der Waals surface area contributed by atoms with Gasteiger partial charge in [-0.25, -0.2) is 18.4 Å². The van der Waals surface area contributed by atoms with Gasteiger partial charge >= 0.3 is 0 Å². The summed E-state index contributed by atoms with van der Waals surface area (Å²) in [6.07, 6.45) is 2.87.